The molecule has 4 heteroatoms. The van der Waals surface area contributed by atoms with E-state index in [-0.39, 0.29) is 5.97 Å². The molecule has 0 aromatic heterocycles. The van der Waals surface area contributed by atoms with Crippen LogP contribution in [0.5, 0.6) is 5.75 Å². The van der Waals surface area contributed by atoms with Crippen molar-refractivity contribution in [1.82, 2.24) is 0 Å². The van der Waals surface area contributed by atoms with Gasteiger partial charge in [-0.3, -0.25) is 4.79 Å². The number of esters is 1. The lowest BCUT2D eigenvalue weighted by atomic mass is 10.0. The topological polar surface area (TPSA) is 35.5 Å². The molecule has 188 valence electrons. The highest BCUT2D eigenvalue weighted by Crippen LogP contribution is 2.18. The lowest BCUT2D eigenvalue weighted by molar-refractivity contribution is -0.903. The second kappa shape index (κ2) is 15.5. The first kappa shape index (κ1) is 27.9. The number of hydrogen-bond acceptors (Lipinski definition) is 3. The smallest absolute Gasteiger partial charge is 0.314 e. The Balaban J connectivity index is 1.66. The van der Waals surface area contributed by atoms with Crippen LogP contribution in [0, 0.1) is 0 Å². The fourth-order valence-electron chi connectivity index (χ4n) is 4.25. The molecule has 0 aliphatic heterocycles. The number of aryl methyl sites for hydroxylation is 1. The van der Waals surface area contributed by atoms with Crippen LogP contribution in [0.3, 0.4) is 0 Å². The molecule has 0 aliphatic carbocycles. The number of unbranched alkanes of at least 4 members (excludes halogenated alkanes) is 7. The molecule has 0 radical (unpaired) electrons. The average Bonchev–Trinajstić information content (AvgIpc) is 2.80. The van der Waals surface area contributed by atoms with Crippen molar-refractivity contribution in [2.75, 3.05) is 20.6 Å². The van der Waals surface area contributed by atoms with Crippen LogP contribution in [-0.4, -0.2) is 37.4 Å². The first-order chi connectivity index (χ1) is 16.4. The number of benzene rings is 2. The fourth-order valence-corrected chi connectivity index (χ4v) is 4.25. The zero-order valence-corrected chi connectivity index (χ0v) is 21.9. The average molecular weight is 469 g/mol. The summed E-state index contributed by atoms with van der Waals surface area (Å²) in [4.78, 5) is 12.4. The normalized spacial score (nSPS) is 12.4. The van der Waals surface area contributed by atoms with Crippen molar-refractivity contribution >= 4 is 5.97 Å². The molecule has 0 spiro atoms. The minimum Gasteiger partial charge on any atom is -0.455 e. The molecule has 34 heavy (non-hydrogen) atoms. The lowest BCUT2D eigenvalue weighted by Crippen LogP contribution is -2.40. The van der Waals surface area contributed by atoms with Gasteiger partial charge in [-0.1, -0.05) is 94.3 Å². The van der Waals surface area contributed by atoms with Gasteiger partial charge in [-0.05, 0) is 30.5 Å². The van der Waals surface area contributed by atoms with E-state index in [9.17, 15) is 4.79 Å². The Bertz CT molecular complexity index is 819. The van der Waals surface area contributed by atoms with Crippen LogP contribution in [0.15, 0.2) is 54.6 Å². The predicted octanol–water partition coefficient (Wildman–Crippen LogP) is 7.30. The van der Waals surface area contributed by atoms with Gasteiger partial charge in [0.2, 0.25) is 6.29 Å². The fraction of sp³-hybridized carbons (Fsp3) is 0.567. The molecule has 0 saturated carbocycles. The number of carbonyl (C=O) groups is 1. The van der Waals surface area contributed by atoms with Gasteiger partial charge in [-0.2, -0.15) is 0 Å². The van der Waals surface area contributed by atoms with Crippen molar-refractivity contribution in [3.63, 3.8) is 0 Å². The monoisotopic (exact) mass is 468 g/mol. The molecule has 0 heterocycles. The number of carbonyl (C=O) groups excluding carboxylic acids is 1. The van der Waals surface area contributed by atoms with E-state index in [4.69, 9.17) is 9.47 Å². The lowest BCUT2D eigenvalue weighted by Gasteiger charge is -2.29. The Morgan fingerprint density at radius 3 is 2.21 bits per heavy atom. The molecule has 2 rings (SSSR count). The molecule has 0 saturated heterocycles. The van der Waals surface area contributed by atoms with Crippen LogP contribution in [0.4, 0.5) is 0 Å². The van der Waals surface area contributed by atoms with Crippen LogP contribution in [0.2, 0.25) is 0 Å². The zero-order valence-electron chi connectivity index (χ0n) is 21.9. The van der Waals surface area contributed by atoms with E-state index in [0.29, 0.717) is 13.0 Å². The standard InChI is InChI=1S/C30H46NO3/c1-5-6-7-8-9-10-11-13-17-27-20-16-21-29(24-27)33-26(2)34-30(32)22-23-31(3,4)25-28-18-14-12-15-19-28/h12,14-16,18-21,24,26H,5-11,13,17,22-23,25H2,1-4H3/q+1. The zero-order chi connectivity index (χ0) is 24.7. The molecule has 1 unspecified atom stereocenters. The van der Waals surface area contributed by atoms with Gasteiger partial charge in [0.15, 0.2) is 0 Å². The van der Waals surface area contributed by atoms with E-state index in [1.54, 1.807) is 6.92 Å². The van der Waals surface area contributed by atoms with Gasteiger partial charge in [0.1, 0.15) is 12.3 Å². The largest absolute Gasteiger partial charge is 0.455 e. The number of rotatable bonds is 17. The third-order valence-corrected chi connectivity index (χ3v) is 6.19. The van der Waals surface area contributed by atoms with E-state index >= 15 is 0 Å². The van der Waals surface area contributed by atoms with Crippen molar-refractivity contribution in [1.29, 1.82) is 0 Å². The SMILES string of the molecule is CCCCCCCCCCc1cccc(OC(C)OC(=O)CC[N+](C)(C)Cc2ccccc2)c1. The van der Waals surface area contributed by atoms with Crippen molar-refractivity contribution in [3.05, 3.63) is 65.7 Å². The van der Waals surface area contributed by atoms with E-state index in [1.807, 2.05) is 30.3 Å². The van der Waals surface area contributed by atoms with Gasteiger partial charge >= 0.3 is 5.97 Å². The van der Waals surface area contributed by atoms with Crippen LogP contribution >= 0.6 is 0 Å². The molecule has 0 aliphatic rings. The molecule has 0 N–H and O–H groups in total. The summed E-state index contributed by atoms with van der Waals surface area (Å²) in [6, 6.07) is 18.5. The molecular weight excluding hydrogens is 422 g/mol. The highest BCUT2D eigenvalue weighted by atomic mass is 16.7. The van der Waals surface area contributed by atoms with Crippen LogP contribution in [0.25, 0.3) is 0 Å². The number of ether oxygens (including phenoxy) is 2. The maximum atomic E-state index is 12.4. The van der Waals surface area contributed by atoms with Gasteiger partial charge in [-0.15, -0.1) is 0 Å². The number of quaternary nitrogens is 1. The second-order valence-corrected chi connectivity index (χ2v) is 10.1. The molecular formula is C30H46NO3+. The minimum absolute atomic E-state index is 0.221. The molecule has 0 bridgehead atoms. The van der Waals surface area contributed by atoms with Crippen LogP contribution < -0.4 is 4.74 Å². The van der Waals surface area contributed by atoms with E-state index in [2.05, 4.69) is 45.3 Å². The summed E-state index contributed by atoms with van der Waals surface area (Å²) < 4.78 is 12.1. The predicted molar refractivity (Wildman–Crippen MR) is 141 cm³/mol. The minimum atomic E-state index is -0.601. The summed E-state index contributed by atoms with van der Waals surface area (Å²) in [7, 11) is 4.27. The maximum Gasteiger partial charge on any atom is 0.314 e. The van der Waals surface area contributed by atoms with Gasteiger partial charge in [0, 0.05) is 12.5 Å². The van der Waals surface area contributed by atoms with Crippen molar-refractivity contribution < 1.29 is 18.8 Å². The number of hydrogen-bond donors (Lipinski definition) is 0. The summed E-state index contributed by atoms with van der Waals surface area (Å²) in [5, 5.41) is 0. The molecule has 4 nitrogen and oxygen atoms in total. The number of nitrogens with zero attached hydrogens (tertiary/aromatic N) is 1. The van der Waals surface area contributed by atoms with Crippen molar-refractivity contribution in [2.45, 2.75) is 90.9 Å². The second-order valence-electron chi connectivity index (χ2n) is 10.1. The first-order valence-electron chi connectivity index (χ1n) is 13.2. The Hall–Kier alpha value is -2.33. The summed E-state index contributed by atoms with van der Waals surface area (Å²) in [6.45, 7) is 5.64. The highest BCUT2D eigenvalue weighted by molar-refractivity contribution is 5.69. The first-order valence-corrected chi connectivity index (χ1v) is 13.2. The van der Waals surface area contributed by atoms with Gasteiger partial charge < -0.3 is 14.0 Å². The summed E-state index contributed by atoms with van der Waals surface area (Å²) in [5.74, 6) is 0.541. The molecule has 0 amide bonds. The molecule has 0 fully saturated rings. The third kappa shape index (κ3) is 12.2. The summed E-state index contributed by atoms with van der Waals surface area (Å²) in [6.07, 6.45) is 11.4. The van der Waals surface area contributed by atoms with E-state index in [1.165, 1.54) is 62.5 Å². The van der Waals surface area contributed by atoms with Crippen LogP contribution in [-0.2, 0) is 22.5 Å². The molecule has 1 atom stereocenters. The third-order valence-electron chi connectivity index (χ3n) is 6.19. The Morgan fingerprint density at radius 2 is 1.50 bits per heavy atom. The summed E-state index contributed by atoms with van der Waals surface area (Å²) >= 11 is 0. The van der Waals surface area contributed by atoms with E-state index in [0.717, 1.165) is 23.2 Å². The van der Waals surface area contributed by atoms with Crippen LogP contribution in [0.1, 0.15) is 82.8 Å². The Kier molecular flexibility index (Phi) is 12.8. The Labute approximate surface area is 207 Å². The van der Waals surface area contributed by atoms with E-state index < -0.39 is 6.29 Å². The Morgan fingerprint density at radius 1 is 0.853 bits per heavy atom. The molecule has 2 aromatic rings. The van der Waals surface area contributed by atoms with Gasteiger partial charge in [-0.25, -0.2) is 0 Å². The van der Waals surface area contributed by atoms with Gasteiger partial charge in [0.05, 0.1) is 27.1 Å². The molecule has 2 aromatic carbocycles. The summed E-state index contributed by atoms with van der Waals surface area (Å²) in [5.41, 5.74) is 2.55. The van der Waals surface area contributed by atoms with Crippen molar-refractivity contribution in [3.8, 4) is 5.75 Å². The van der Waals surface area contributed by atoms with Crippen molar-refractivity contribution in [2.24, 2.45) is 0 Å². The maximum absolute atomic E-state index is 12.4. The van der Waals surface area contributed by atoms with Gasteiger partial charge in [0.25, 0.3) is 0 Å². The highest BCUT2D eigenvalue weighted by Gasteiger charge is 2.20. The quantitative estimate of drug-likeness (QED) is 0.106.